The monoisotopic (exact) mass is 405 g/mol. The highest BCUT2D eigenvalue weighted by molar-refractivity contribution is 6.05. The molecule has 9 nitrogen and oxygen atoms in total. The summed E-state index contributed by atoms with van der Waals surface area (Å²) < 4.78 is 11.2. The van der Waals surface area contributed by atoms with E-state index < -0.39 is 5.91 Å². The number of Topliss-reactive ketones (excluding diaryl/α,β-unsaturated/α-hetero) is 1. The van der Waals surface area contributed by atoms with Gasteiger partial charge in [-0.25, -0.2) is 4.98 Å². The molecule has 0 unspecified atom stereocenters. The third-order valence-electron chi connectivity index (χ3n) is 4.31. The molecule has 3 aromatic heterocycles. The average Bonchev–Trinajstić information content (AvgIpc) is 3.48. The Balaban J connectivity index is 1.51. The number of oxazole rings is 1. The number of nitrogens with zero attached hydrogens (tertiary/aromatic N) is 4. The van der Waals surface area contributed by atoms with Crippen molar-refractivity contribution in [2.45, 2.75) is 26.8 Å². The van der Waals surface area contributed by atoms with Crippen LogP contribution in [0.15, 0.2) is 57.5 Å². The van der Waals surface area contributed by atoms with Crippen LogP contribution in [0.3, 0.4) is 0 Å². The van der Waals surface area contributed by atoms with Crippen LogP contribution in [-0.2, 0) is 13.0 Å². The van der Waals surface area contributed by atoms with Gasteiger partial charge in [0.1, 0.15) is 12.3 Å². The highest BCUT2D eigenvalue weighted by Crippen LogP contribution is 2.25. The predicted molar refractivity (Wildman–Crippen MR) is 107 cm³/mol. The first-order chi connectivity index (χ1) is 14.5. The quantitative estimate of drug-likeness (QED) is 0.467. The fourth-order valence-corrected chi connectivity index (χ4v) is 2.85. The minimum Gasteiger partial charge on any atom is -0.456 e. The number of aryl methyl sites for hydroxylation is 1. The van der Waals surface area contributed by atoms with Crippen molar-refractivity contribution in [3.63, 3.8) is 0 Å². The van der Waals surface area contributed by atoms with E-state index in [-0.39, 0.29) is 29.6 Å². The lowest BCUT2D eigenvalue weighted by atomic mass is 10.1. The smallest absolute Gasteiger partial charge is 0.279 e. The number of furan rings is 1. The van der Waals surface area contributed by atoms with E-state index in [0.717, 1.165) is 5.56 Å². The van der Waals surface area contributed by atoms with Gasteiger partial charge in [0.05, 0.1) is 6.20 Å². The lowest BCUT2D eigenvalue weighted by molar-refractivity contribution is 0.0983. The number of benzene rings is 1. The second kappa shape index (κ2) is 8.16. The molecular formula is C21H19N5O4. The average molecular weight is 405 g/mol. The maximum absolute atomic E-state index is 12.8. The van der Waals surface area contributed by atoms with Crippen molar-refractivity contribution in [1.29, 1.82) is 0 Å². The van der Waals surface area contributed by atoms with Crippen LogP contribution < -0.4 is 5.32 Å². The molecule has 4 rings (SSSR count). The molecule has 1 N–H and O–H groups in total. The number of carbonyl (C=O) groups excluding carboxylic acids is 2. The van der Waals surface area contributed by atoms with Crippen LogP contribution >= 0.6 is 0 Å². The number of carbonyl (C=O) groups is 2. The first kappa shape index (κ1) is 19.3. The van der Waals surface area contributed by atoms with Crippen LogP contribution in [-0.4, -0.2) is 31.7 Å². The Morgan fingerprint density at radius 2 is 1.90 bits per heavy atom. The van der Waals surface area contributed by atoms with E-state index in [1.807, 2.05) is 37.3 Å². The molecule has 0 saturated carbocycles. The van der Waals surface area contributed by atoms with Gasteiger partial charge in [0, 0.05) is 18.9 Å². The molecule has 4 aromatic rings. The van der Waals surface area contributed by atoms with Crippen LogP contribution in [0.1, 0.15) is 46.5 Å². The Hall–Kier alpha value is -4.01. The number of hydrogen-bond acceptors (Lipinski definition) is 7. The van der Waals surface area contributed by atoms with Crippen LogP contribution in [0.2, 0.25) is 0 Å². The molecule has 0 radical (unpaired) electrons. The number of aromatic nitrogens is 4. The van der Waals surface area contributed by atoms with E-state index in [4.69, 9.17) is 8.83 Å². The first-order valence-electron chi connectivity index (χ1n) is 9.39. The third-order valence-corrected chi connectivity index (χ3v) is 4.31. The maximum Gasteiger partial charge on any atom is 0.279 e. The summed E-state index contributed by atoms with van der Waals surface area (Å²) >= 11 is 0. The molecule has 9 heteroatoms. The van der Waals surface area contributed by atoms with Crippen molar-refractivity contribution in [3.05, 3.63) is 71.8 Å². The Morgan fingerprint density at radius 1 is 1.10 bits per heavy atom. The fraction of sp³-hybridized carbons (Fsp3) is 0.190. The van der Waals surface area contributed by atoms with E-state index in [0.29, 0.717) is 23.8 Å². The summed E-state index contributed by atoms with van der Waals surface area (Å²) in [5.41, 5.74) is 0.947. The Kier molecular flexibility index (Phi) is 5.25. The van der Waals surface area contributed by atoms with Gasteiger partial charge in [-0.05, 0) is 12.1 Å². The van der Waals surface area contributed by atoms with E-state index in [9.17, 15) is 9.59 Å². The number of nitrogens with one attached hydrogen (secondary N) is 1. The molecule has 0 spiro atoms. The molecule has 0 fully saturated rings. The lowest BCUT2D eigenvalue weighted by Gasteiger charge is -2.01. The minimum absolute atomic E-state index is 0.157. The van der Waals surface area contributed by atoms with Gasteiger partial charge in [0.15, 0.2) is 34.7 Å². The first-order valence-corrected chi connectivity index (χ1v) is 9.39. The predicted octanol–water partition coefficient (Wildman–Crippen LogP) is 3.59. The Labute approximate surface area is 171 Å². The molecule has 0 bridgehead atoms. The summed E-state index contributed by atoms with van der Waals surface area (Å²) in [7, 11) is 0. The van der Waals surface area contributed by atoms with E-state index in [1.165, 1.54) is 17.9 Å². The number of rotatable bonds is 7. The highest BCUT2D eigenvalue weighted by atomic mass is 16.4. The van der Waals surface area contributed by atoms with Gasteiger partial charge in [-0.15, -0.1) is 5.10 Å². The van der Waals surface area contributed by atoms with Crippen molar-refractivity contribution in [2.24, 2.45) is 0 Å². The summed E-state index contributed by atoms with van der Waals surface area (Å²) in [6.07, 6.45) is 1.99. The molecule has 1 amide bonds. The molecule has 0 aliphatic carbocycles. The van der Waals surface area contributed by atoms with Crippen LogP contribution in [0.25, 0.3) is 11.3 Å². The van der Waals surface area contributed by atoms with Crippen molar-refractivity contribution in [1.82, 2.24) is 20.0 Å². The second-order valence-corrected chi connectivity index (χ2v) is 6.54. The van der Waals surface area contributed by atoms with E-state index in [2.05, 4.69) is 20.5 Å². The normalized spacial score (nSPS) is 10.9. The Morgan fingerprint density at radius 3 is 2.60 bits per heavy atom. The molecule has 152 valence electrons. The highest BCUT2D eigenvalue weighted by Gasteiger charge is 2.22. The molecule has 0 atom stereocenters. The summed E-state index contributed by atoms with van der Waals surface area (Å²) in [6.45, 7) is 3.56. The van der Waals surface area contributed by atoms with Gasteiger partial charge in [-0.2, -0.15) is 9.90 Å². The molecule has 30 heavy (non-hydrogen) atoms. The van der Waals surface area contributed by atoms with Gasteiger partial charge in [0.25, 0.3) is 5.91 Å². The van der Waals surface area contributed by atoms with Crippen LogP contribution in [0.5, 0.6) is 0 Å². The van der Waals surface area contributed by atoms with Crippen molar-refractivity contribution in [2.75, 3.05) is 5.32 Å². The number of amides is 1. The zero-order valence-corrected chi connectivity index (χ0v) is 16.5. The van der Waals surface area contributed by atoms with Crippen LogP contribution in [0, 0.1) is 0 Å². The van der Waals surface area contributed by atoms with Crippen LogP contribution in [0.4, 0.5) is 5.82 Å². The van der Waals surface area contributed by atoms with E-state index in [1.54, 1.807) is 12.1 Å². The third kappa shape index (κ3) is 4.04. The van der Waals surface area contributed by atoms with Crippen molar-refractivity contribution < 1.29 is 18.4 Å². The molecule has 0 aliphatic heterocycles. The zero-order chi connectivity index (χ0) is 21.1. The Bertz CT molecular complexity index is 1190. The fourth-order valence-electron chi connectivity index (χ4n) is 2.85. The summed E-state index contributed by atoms with van der Waals surface area (Å²) in [4.78, 5) is 29.8. The largest absolute Gasteiger partial charge is 0.456 e. The molecule has 3 heterocycles. The van der Waals surface area contributed by atoms with Gasteiger partial charge in [-0.1, -0.05) is 37.3 Å². The SMILES string of the molecule is CCc1nc(C(=O)Nc2cnn(Cc3ccc(C(C)=O)o3)n2)c(-c2ccccc2)o1. The van der Waals surface area contributed by atoms with Gasteiger partial charge in [0.2, 0.25) is 0 Å². The van der Waals surface area contributed by atoms with Gasteiger partial charge < -0.3 is 14.2 Å². The molecule has 0 saturated heterocycles. The summed E-state index contributed by atoms with van der Waals surface area (Å²) in [6, 6.07) is 12.6. The maximum atomic E-state index is 12.8. The number of ketones is 1. The molecule has 1 aromatic carbocycles. The number of hydrogen-bond donors (Lipinski definition) is 1. The van der Waals surface area contributed by atoms with Crippen molar-refractivity contribution in [3.8, 4) is 11.3 Å². The summed E-state index contributed by atoms with van der Waals surface area (Å²) in [5, 5.41) is 11.0. The molecular weight excluding hydrogens is 386 g/mol. The molecule has 0 aliphatic rings. The van der Waals surface area contributed by atoms with Gasteiger partial charge in [-0.3, -0.25) is 9.59 Å². The van der Waals surface area contributed by atoms with E-state index >= 15 is 0 Å². The standard InChI is InChI=1S/C21H19N5O4/c1-3-18-24-19(20(30-18)14-7-5-4-6-8-14)21(28)23-17-11-22-26(25-17)12-15-9-10-16(29-15)13(2)27/h4-11H,3,12H2,1-2H3,(H,23,25,28). The lowest BCUT2D eigenvalue weighted by Crippen LogP contribution is -2.14. The minimum atomic E-state index is -0.443. The number of anilines is 1. The van der Waals surface area contributed by atoms with Gasteiger partial charge >= 0.3 is 0 Å². The second-order valence-electron chi connectivity index (χ2n) is 6.54. The summed E-state index contributed by atoms with van der Waals surface area (Å²) in [5.74, 6) is 1.35. The van der Waals surface area contributed by atoms with Crippen molar-refractivity contribution >= 4 is 17.5 Å². The topological polar surface area (TPSA) is 116 Å². The zero-order valence-electron chi connectivity index (χ0n) is 16.5.